The second-order valence-corrected chi connectivity index (χ2v) is 7.74. The van der Waals surface area contributed by atoms with Crippen LogP contribution in [0.25, 0.3) is 0 Å². The van der Waals surface area contributed by atoms with Crippen LogP contribution in [0.15, 0.2) is 29.2 Å². The van der Waals surface area contributed by atoms with Gasteiger partial charge in [0.05, 0.1) is 4.90 Å². The number of hydrogen-bond acceptors (Lipinski definition) is 4. The Labute approximate surface area is 148 Å². The van der Waals surface area contributed by atoms with Crippen molar-refractivity contribution in [1.29, 1.82) is 0 Å². The van der Waals surface area contributed by atoms with Crippen LogP contribution in [0.5, 0.6) is 0 Å². The molecular weight excluding hydrogens is 375 g/mol. The highest BCUT2D eigenvalue weighted by Crippen LogP contribution is 2.25. The van der Waals surface area contributed by atoms with Crippen molar-refractivity contribution in [2.24, 2.45) is 5.73 Å². The molecule has 0 saturated carbocycles. The Balaban J connectivity index is 2.18. The van der Waals surface area contributed by atoms with Crippen LogP contribution in [0.3, 0.4) is 0 Å². The van der Waals surface area contributed by atoms with Gasteiger partial charge in [-0.3, -0.25) is 9.59 Å². The van der Waals surface area contributed by atoms with Crippen LogP contribution in [0.4, 0.5) is 13.2 Å². The third-order valence-corrected chi connectivity index (χ3v) is 5.88. The molecule has 1 atom stereocenters. The Morgan fingerprint density at radius 3 is 2.35 bits per heavy atom. The van der Waals surface area contributed by atoms with E-state index in [4.69, 9.17) is 5.73 Å². The topological polar surface area (TPSA) is 110 Å². The molecule has 1 aromatic carbocycles. The molecule has 0 radical (unpaired) electrons. The van der Waals surface area contributed by atoms with Gasteiger partial charge in [0, 0.05) is 12.1 Å². The molecule has 0 aliphatic carbocycles. The average Bonchev–Trinajstić information content (AvgIpc) is 2.59. The molecule has 0 bridgehead atoms. The summed E-state index contributed by atoms with van der Waals surface area (Å²) < 4.78 is 62.8. The van der Waals surface area contributed by atoms with Crippen LogP contribution in [-0.4, -0.2) is 49.8 Å². The molecule has 11 heteroatoms. The van der Waals surface area contributed by atoms with Crippen LogP contribution < -0.4 is 11.1 Å². The molecule has 7 nitrogen and oxygen atoms in total. The lowest BCUT2D eigenvalue weighted by atomic mass is 10.0. The fourth-order valence-corrected chi connectivity index (χ4v) is 4.34. The van der Waals surface area contributed by atoms with Gasteiger partial charge in [0.15, 0.2) is 0 Å². The van der Waals surface area contributed by atoms with Crippen LogP contribution in [0.1, 0.15) is 29.6 Å². The maximum absolute atomic E-state index is 12.7. The quantitative estimate of drug-likeness (QED) is 0.778. The van der Waals surface area contributed by atoms with Gasteiger partial charge in [-0.15, -0.1) is 0 Å². The van der Waals surface area contributed by atoms with E-state index in [2.05, 4.69) is 0 Å². The fraction of sp³-hybridized carbons (Fsp3) is 0.467. The van der Waals surface area contributed by atoms with E-state index in [1.807, 2.05) is 0 Å². The molecule has 1 saturated heterocycles. The van der Waals surface area contributed by atoms with Gasteiger partial charge in [0.1, 0.15) is 12.6 Å². The van der Waals surface area contributed by atoms with Crippen LogP contribution in [0.2, 0.25) is 0 Å². The van der Waals surface area contributed by atoms with Crippen molar-refractivity contribution in [1.82, 2.24) is 9.62 Å². The predicted molar refractivity (Wildman–Crippen MR) is 85.6 cm³/mol. The van der Waals surface area contributed by atoms with E-state index in [9.17, 15) is 31.2 Å². The molecule has 3 N–H and O–H groups in total. The number of nitrogens with zero attached hydrogens (tertiary/aromatic N) is 1. The first-order valence-electron chi connectivity index (χ1n) is 7.78. The molecule has 26 heavy (non-hydrogen) atoms. The number of carbonyl (C=O) groups is 2. The first-order valence-corrected chi connectivity index (χ1v) is 9.22. The Bertz CT molecular complexity index is 778. The van der Waals surface area contributed by atoms with E-state index in [1.165, 1.54) is 0 Å². The monoisotopic (exact) mass is 393 g/mol. The Hall–Kier alpha value is -2.14. The van der Waals surface area contributed by atoms with E-state index in [1.54, 1.807) is 5.32 Å². The zero-order chi connectivity index (χ0) is 19.5. The summed E-state index contributed by atoms with van der Waals surface area (Å²) >= 11 is 0. The number of rotatable bonds is 5. The zero-order valence-corrected chi connectivity index (χ0v) is 14.4. The molecule has 1 aliphatic rings. The molecule has 2 rings (SSSR count). The molecule has 1 heterocycles. The predicted octanol–water partition coefficient (Wildman–Crippen LogP) is 1.01. The third kappa shape index (κ3) is 4.73. The summed E-state index contributed by atoms with van der Waals surface area (Å²) in [5.41, 5.74) is 5.16. The van der Waals surface area contributed by atoms with Gasteiger partial charge in [-0.2, -0.15) is 17.5 Å². The molecule has 2 amide bonds. The minimum atomic E-state index is -4.54. The van der Waals surface area contributed by atoms with Gasteiger partial charge >= 0.3 is 6.18 Å². The molecule has 0 aromatic heterocycles. The number of benzene rings is 1. The van der Waals surface area contributed by atoms with Crippen LogP contribution >= 0.6 is 0 Å². The fourth-order valence-electron chi connectivity index (χ4n) is 2.67. The lowest BCUT2D eigenvalue weighted by Gasteiger charge is -2.32. The number of primary amides is 1. The first kappa shape index (κ1) is 20.2. The summed E-state index contributed by atoms with van der Waals surface area (Å²) in [6, 6.07) is 3.52. The van der Waals surface area contributed by atoms with Crippen molar-refractivity contribution in [2.45, 2.75) is 36.4 Å². The Kier molecular flexibility index (Phi) is 5.91. The SMILES string of the molecule is NC(=O)[C@@H]1CCCCN1S(=O)(=O)c1ccc(C(=O)NCC(F)(F)F)cc1. The number of piperidine rings is 1. The van der Waals surface area contributed by atoms with Crippen molar-refractivity contribution < 1.29 is 31.2 Å². The van der Waals surface area contributed by atoms with Gasteiger partial charge in [-0.05, 0) is 37.1 Å². The number of hydrogen-bond donors (Lipinski definition) is 2. The molecule has 1 aromatic rings. The van der Waals surface area contributed by atoms with E-state index in [-0.39, 0.29) is 17.0 Å². The minimum Gasteiger partial charge on any atom is -0.368 e. The highest BCUT2D eigenvalue weighted by atomic mass is 32.2. The Morgan fingerprint density at radius 2 is 1.81 bits per heavy atom. The standard InChI is InChI=1S/C15H18F3N3O4S/c16-15(17,18)9-20-14(23)10-4-6-11(7-5-10)26(24,25)21-8-2-1-3-12(21)13(19)22/h4-7,12H,1-3,8-9H2,(H2,19,22)(H,20,23)/t12-/m0/s1. The first-order chi connectivity index (χ1) is 12.0. The lowest BCUT2D eigenvalue weighted by molar-refractivity contribution is -0.123. The normalized spacial score (nSPS) is 19.1. The summed E-state index contributed by atoms with van der Waals surface area (Å²) in [7, 11) is -4.01. The van der Waals surface area contributed by atoms with E-state index in [0.29, 0.717) is 19.3 Å². The van der Waals surface area contributed by atoms with Crippen molar-refractivity contribution in [3.63, 3.8) is 0 Å². The zero-order valence-electron chi connectivity index (χ0n) is 13.6. The van der Waals surface area contributed by atoms with Gasteiger partial charge in [-0.25, -0.2) is 8.42 Å². The van der Waals surface area contributed by atoms with Gasteiger partial charge < -0.3 is 11.1 Å². The summed E-state index contributed by atoms with van der Waals surface area (Å²) in [5.74, 6) is -1.71. The number of nitrogens with one attached hydrogen (secondary N) is 1. The molecule has 1 fully saturated rings. The molecule has 1 aliphatic heterocycles. The molecule has 144 valence electrons. The minimum absolute atomic E-state index is 0.113. The van der Waals surface area contributed by atoms with Gasteiger partial charge in [0.2, 0.25) is 15.9 Å². The van der Waals surface area contributed by atoms with Gasteiger partial charge in [0.25, 0.3) is 5.91 Å². The van der Waals surface area contributed by atoms with Crippen LogP contribution in [0, 0.1) is 0 Å². The maximum atomic E-state index is 12.7. The summed E-state index contributed by atoms with van der Waals surface area (Å²) in [6.07, 6.45) is -2.96. The number of halogens is 3. The lowest BCUT2D eigenvalue weighted by Crippen LogP contribution is -2.50. The van der Waals surface area contributed by atoms with Crippen molar-refractivity contribution in [3.05, 3.63) is 29.8 Å². The van der Waals surface area contributed by atoms with Crippen molar-refractivity contribution in [3.8, 4) is 0 Å². The van der Waals surface area contributed by atoms with E-state index < -0.39 is 40.6 Å². The number of alkyl halides is 3. The van der Waals surface area contributed by atoms with Crippen molar-refractivity contribution in [2.75, 3.05) is 13.1 Å². The molecule has 0 unspecified atom stereocenters. The number of carbonyl (C=O) groups excluding carboxylic acids is 2. The van der Waals surface area contributed by atoms with E-state index in [0.717, 1.165) is 28.6 Å². The van der Waals surface area contributed by atoms with Gasteiger partial charge in [-0.1, -0.05) is 6.42 Å². The summed E-state index contributed by atoms with van der Waals surface area (Å²) in [6.45, 7) is -1.34. The maximum Gasteiger partial charge on any atom is 0.405 e. The second-order valence-electron chi connectivity index (χ2n) is 5.85. The third-order valence-electron chi connectivity index (χ3n) is 3.95. The van der Waals surface area contributed by atoms with E-state index >= 15 is 0 Å². The summed E-state index contributed by atoms with van der Waals surface area (Å²) in [4.78, 5) is 23.0. The average molecular weight is 393 g/mol. The molecular formula is C15H18F3N3O4S. The molecule has 0 spiro atoms. The number of amides is 2. The summed E-state index contributed by atoms with van der Waals surface area (Å²) in [5, 5.41) is 1.70. The second kappa shape index (κ2) is 7.62. The Morgan fingerprint density at radius 1 is 1.19 bits per heavy atom. The number of sulfonamides is 1. The number of nitrogens with two attached hydrogens (primary N) is 1. The highest BCUT2D eigenvalue weighted by Gasteiger charge is 2.36. The smallest absolute Gasteiger partial charge is 0.368 e. The largest absolute Gasteiger partial charge is 0.405 e. The van der Waals surface area contributed by atoms with Crippen molar-refractivity contribution >= 4 is 21.8 Å². The highest BCUT2D eigenvalue weighted by molar-refractivity contribution is 7.89. The van der Waals surface area contributed by atoms with Crippen LogP contribution in [-0.2, 0) is 14.8 Å².